The molecule has 9 heteroatoms. The molecule has 1 fully saturated rings. The fourth-order valence-electron chi connectivity index (χ4n) is 3.52. The number of hydrogen-bond acceptors (Lipinski definition) is 7. The Bertz CT molecular complexity index is 1120. The molecule has 9 nitrogen and oxygen atoms in total. The number of piperazine rings is 1. The van der Waals surface area contributed by atoms with E-state index >= 15 is 0 Å². The molecule has 2 heterocycles. The molecule has 1 saturated heterocycles. The van der Waals surface area contributed by atoms with Crippen LogP contribution in [0.1, 0.15) is 5.82 Å². The molecule has 1 aromatic heterocycles. The first-order valence-corrected chi connectivity index (χ1v) is 9.34. The van der Waals surface area contributed by atoms with Gasteiger partial charge in [-0.05, 0) is 18.2 Å². The predicted octanol–water partition coefficient (Wildman–Crippen LogP) is 1.71. The monoisotopic (exact) mass is 395 g/mol. The van der Waals surface area contributed by atoms with Crippen LogP contribution in [0.4, 0.5) is 5.69 Å². The number of ether oxygens (including phenoxy) is 1. The largest absolute Gasteiger partial charge is 0.497 e. The molecule has 0 unspecified atom stereocenters. The number of non-ortho nitro benzene ring substituents is 1. The van der Waals surface area contributed by atoms with Crippen LogP contribution in [0, 0.1) is 10.1 Å². The van der Waals surface area contributed by atoms with Gasteiger partial charge >= 0.3 is 0 Å². The molecule has 0 atom stereocenters. The van der Waals surface area contributed by atoms with Gasteiger partial charge in [0, 0.05) is 44.4 Å². The first-order chi connectivity index (χ1) is 14.1. The summed E-state index contributed by atoms with van der Waals surface area (Å²) >= 11 is 0. The number of nitrogens with one attached hydrogen (secondary N) is 1. The number of nitro groups is 1. The van der Waals surface area contributed by atoms with Crippen LogP contribution in [0.3, 0.4) is 0 Å². The molecule has 0 bridgehead atoms. The zero-order valence-electron chi connectivity index (χ0n) is 16.0. The Morgan fingerprint density at radius 3 is 2.72 bits per heavy atom. The maximum Gasteiger partial charge on any atom is 0.270 e. The van der Waals surface area contributed by atoms with Crippen molar-refractivity contribution < 1.29 is 9.66 Å². The average Bonchev–Trinajstić information content (AvgIpc) is 2.74. The van der Waals surface area contributed by atoms with E-state index in [0.717, 1.165) is 26.2 Å². The lowest BCUT2D eigenvalue weighted by Crippen LogP contribution is -2.44. The molecule has 1 N–H and O–H groups in total. The molecular formula is C20H21N5O4. The van der Waals surface area contributed by atoms with Gasteiger partial charge in [0.05, 0.1) is 35.2 Å². The Hall–Kier alpha value is -3.30. The first kappa shape index (κ1) is 19.0. The summed E-state index contributed by atoms with van der Waals surface area (Å²) in [6.07, 6.45) is 0. The number of aromatic nitrogens is 2. The number of fused-ring (bicyclic) bond motifs is 1. The van der Waals surface area contributed by atoms with Gasteiger partial charge in [-0.15, -0.1) is 0 Å². The SMILES string of the molecule is COc1cccc(-n2c(CN3CCNCC3)nc3ccc([N+](=O)[O-])cc3c2=O)c1. The number of nitro benzene ring substituents is 1. The molecule has 0 aliphatic carbocycles. The van der Waals surface area contributed by atoms with Crippen LogP contribution in [-0.4, -0.2) is 52.7 Å². The smallest absolute Gasteiger partial charge is 0.270 e. The molecule has 2 aromatic carbocycles. The maximum absolute atomic E-state index is 13.4. The predicted molar refractivity (Wildman–Crippen MR) is 109 cm³/mol. The van der Waals surface area contributed by atoms with Gasteiger partial charge in [-0.25, -0.2) is 4.98 Å². The van der Waals surface area contributed by atoms with Crippen molar-refractivity contribution >= 4 is 16.6 Å². The highest BCUT2D eigenvalue weighted by molar-refractivity contribution is 5.80. The molecular weight excluding hydrogens is 374 g/mol. The van der Waals surface area contributed by atoms with E-state index in [0.29, 0.717) is 29.3 Å². The standard InChI is InChI=1S/C20H21N5O4/c1-29-16-4-2-3-14(11-16)24-19(13-23-9-7-21-8-10-23)22-18-6-5-15(25(27)28)12-17(18)20(24)26/h2-6,11-12,21H,7-10,13H2,1H3. The van der Waals surface area contributed by atoms with Crippen molar-refractivity contribution in [2.75, 3.05) is 33.3 Å². The van der Waals surface area contributed by atoms with Gasteiger partial charge in [0.2, 0.25) is 0 Å². The number of hydrogen-bond donors (Lipinski definition) is 1. The van der Waals surface area contributed by atoms with Gasteiger partial charge in [0.15, 0.2) is 0 Å². The van der Waals surface area contributed by atoms with Crippen molar-refractivity contribution in [2.24, 2.45) is 0 Å². The van der Waals surface area contributed by atoms with Crippen LogP contribution >= 0.6 is 0 Å². The Morgan fingerprint density at radius 2 is 2.00 bits per heavy atom. The molecule has 29 heavy (non-hydrogen) atoms. The maximum atomic E-state index is 13.4. The number of benzene rings is 2. The minimum Gasteiger partial charge on any atom is -0.497 e. The van der Waals surface area contributed by atoms with Crippen molar-refractivity contribution in [3.8, 4) is 11.4 Å². The summed E-state index contributed by atoms with van der Waals surface area (Å²) in [6.45, 7) is 3.96. The van der Waals surface area contributed by atoms with Crippen molar-refractivity contribution in [3.05, 3.63) is 68.8 Å². The summed E-state index contributed by atoms with van der Waals surface area (Å²) in [5, 5.41) is 14.7. The van der Waals surface area contributed by atoms with Crippen LogP contribution in [0.2, 0.25) is 0 Å². The summed E-state index contributed by atoms with van der Waals surface area (Å²) in [6, 6.07) is 11.3. The Balaban J connectivity index is 1.92. The Labute approximate surface area is 166 Å². The van der Waals surface area contributed by atoms with E-state index in [-0.39, 0.29) is 16.6 Å². The van der Waals surface area contributed by atoms with E-state index in [1.807, 2.05) is 0 Å². The van der Waals surface area contributed by atoms with Crippen LogP contribution in [-0.2, 0) is 6.54 Å². The zero-order valence-corrected chi connectivity index (χ0v) is 16.0. The van der Waals surface area contributed by atoms with E-state index in [2.05, 4.69) is 10.2 Å². The highest BCUT2D eigenvalue weighted by Crippen LogP contribution is 2.21. The molecule has 3 aromatic rings. The van der Waals surface area contributed by atoms with Gasteiger partial charge in [0.1, 0.15) is 11.6 Å². The molecule has 0 amide bonds. The lowest BCUT2D eigenvalue weighted by atomic mass is 10.2. The van der Waals surface area contributed by atoms with Crippen molar-refractivity contribution in [1.82, 2.24) is 19.8 Å². The van der Waals surface area contributed by atoms with Gasteiger partial charge in [-0.3, -0.25) is 24.4 Å². The average molecular weight is 395 g/mol. The Morgan fingerprint density at radius 1 is 1.21 bits per heavy atom. The fraction of sp³-hybridized carbons (Fsp3) is 0.300. The van der Waals surface area contributed by atoms with Crippen LogP contribution < -0.4 is 15.6 Å². The molecule has 4 rings (SSSR count). The van der Waals surface area contributed by atoms with Crippen LogP contribution in [0.5, 0.6) is 5.75 Å². The van der Waals surface area contributed by atoms with E-state index in [4.69, 9.17) is 9.72 Å². The topological polar surface area (TPSA) is 103 Å². The molecule has 1 aliphatic heterocycles. The lowest BCUT2D eigenvalue weighted by Gasteiger charge is -2.27. The highest BCUT2D eigenvalue weighted by atomic mass is 16.6. The number of rotatable bonds is 5. The first-order valence-electron chi connectivity index (χ1n) is 9.34. The van der Waals surface area contributed by atoms with E-state index in [1.54, 1.807) is 31.4 Å². The summed E-state index contributed by atoms with van der Waals surface area (Å²) in [5.41, 5.74) is 0.589. The highest BCUT2D eigenvalue weighted by Gasteiger charge is 2.19. The number of nitrogens with zero attached hydrogens (tertiary/aromatic N) is 4. The van der Waals surface area contributed by atoms with Gasteiger partial charge in [-0.1, -0.05) is 6.07 Å². The third-order valence-corrected chi connectivity index (χ3v) is 5.02. The van der Waals surface area contributed by atoms with Crippen molar-refractivity contribution in [3.63, 3.8) is 0 Å². The second-order valence-electron chi connectivity index (χ2n) is 6.85. The lowest BCUT2D eigenvalue weighted by molar-refractivity contribution is -0.384. The molecule has 0 saturated carbocycles. The van der Waals surface area contributed by atoms with E-state index < -0.39 is 4.92 Å². The Kier molecular flexibility index (Phi) is 5.24. The van der Waals surface area contributed by atoms with Crippen LogP contribution in [0.15, 0.2) is 47.3 Å². The summed E-state index contributed by atoms with van der Waals surface area (Å²) in [5.74, 6) is 1.20. The minimum absolute atomic E-state index is 0.136. The van der Waals surface area contributed by atoms with E-state index in [1.165, 1.54) is 22.8 Å². The van der Waals surface area contributed by atoms with Crippen LogP contribution in [0.25, 0.3) is 16.6 Å². The molecule has 0 spiro atoms. The summed E-state index contributed by atoms with van der Waals surface area (Å²) in [4.78, 5) is 31.0. The summed E-state index contributed by atoms with van der Waals surface area (Å²) in [7, 11) is 1.56. The number of methoxy groups -OCH3 is 1. The normalized spacial score (nSPS) is 14.8. The minimum atomic E-state index is -0.511. The second kappa shape index (κ2) is 7.98. The third-order valence-electron chi connectivity index (χ3n) is 5.02. The summed E-state index contributed by atoms with van der Waals surface area (Å²) < 4.78 is 6.82. The zero-order chi connectivity index (χ0) is 20.4. The molecule has 1 aliphatic rings. The van der Waals surface area contributed by atoms with Crippen molar-refractivity contribution in [1.29, 1.82) is 0 Å². The molecule has 0 radical (unpaired) electrons. The second-order valence-corrected chi connectivity index (χ2v) is 6.85. The third kappa shape index (κ3) is 3.82. The van der Waals surface area contributed by atoms with Gasteiger partial charge in [0.25, 0.3) is 11.2 Å². The fourth-order valence-corrected chi connectivity index (χ4v) is 3.52. The van der Waals surface area contributed by atoms with Crippen molar-refractivity contribution in [2.45, 2.75) is 6.54 Å². The van der Waals surface area contributed by atoms with Gasteiger partial charge < -0.3 is 10.1 Å². The van der Waals surface area contributed by atoms with E-state index in [9.17, 15) is 14.9 Å². The van der Waals surface area contributed by atoms with Gasteiger partial charge in [-0.2, -0.15) is 0 Å². The molecule has 150 valence electrons. The quantitative estimate of drug-likeness (QED) is 0.518.